The van der Waals surface area contributed by atoms with E-state index in [2.05, 4.69) is 71.0 Å². The first-order chi connectivity index (χ1) is 25.2. The molecule has 2 saturated carbocycles. The van der Waals surface area contributed by atoms with Gasteiger partial charge < -0.3 is 26.6 Å². The molecule has 2 aromatic heterocycles. The highest BCUT2D eigenvalue weighted by Gasteiger charge is 2.44. The number of carbonyl (C=O) groups is 1. The molecule has 0 unspecified atom stereocenters. The Morgan fingerprint density at radius 2 is 1.69 bits per heavy atom. The topological polar surface area (TPSA) is 120 Å². The molecule has 7 nitrogen and oxygen atoms in total. The summed E-state index contributed by atoms with van der Waals surface area (Å²) in [6.07, 6.45) is 10.9. The van der Waals surface area contributed by atoms with Gasteiger partial charge >= 0.3 is 0 Å². The van der Waals surface area contributed by atoms with Crippen molar-refractivity contribution in [1.29, 1.82) is 0 Å². The van der Waals surface area contributed by atoms with Crippen LogP contribution in [0.4, 0.5) is 5.69 Å². The third-order valence-electron chi connectivity index (χ3n) is 10.8. The number of anilines is 1. The van der Waals surface area contributed by atoms with Crippen molar-refractivity contribution in [3.05, 3.63) is 92.5 Å². The molecule has 52 heavy (non-hydrogen) atoms. The Hall–Kier alpha value is -4.36. The highest BCUT2D eigenvalue weighted by atomic mass is 32.1. The van der Waals surface area contributed by atoms with Gasteiger partial charge in [-0.05, 0) is 116 Å². The molecule has 270 valence electrons. The fourth-order valence-electron chi connectivity index (χ4n) is 8.40. The lowest BCUT2D eigenvalue weighted by molar-refractivity contribution is 0.0768. The summed E-state index contributed by atoms with van der Waals surface area (Å²) >= 11 is 3.25. The van der Waals surface area contributed by atoms with Gasteiger partial charge in [0.2, 0.25) is 0 Å². The first-order valence-corrected chi connectivity index (χ1v) is 20.2. The molecule has 9 heteroatoms. The van der Waals surface area contributed by atoms with Crippen LogP contribution in [0.1, 0.15) is 72.5 Å². The number of thiophene rings is 2. The number of phenols is 1. The second kappa shape index (κ2) is 16.1. The number of aromatic hydroxyl groups is 1. The summed E-state index contributed by atoms with van der Waals surface area (Å²) in [5.74, 6) is 7.08. The van der Waals surface area contributed by atoms with E-state index < -0.39 is 6.10 Å². The number of carbonyl (C=O) groups excluding carboxylic acids is 1. The van der Waals surface area contributed by atoms with Crippen molar-refractivity contribution in [2.75, 3.05) is 11.9 Å². The van der Waals surface area contributed by atoms with Crippen molar-refractivity contribution < 1.29 is 15.0 Å². The normalized spacial score (nSPS) is 22.5. The summed E-state index contributed by atoms with van der Waals surface area (Å²) in [6, 6.07) is 22.4. The number of aliphatic hydroxyl groups is 1. The highest BCUT2D eigenvalue weighted by molar-refractivity contribution is 7.23. The maximum absolute atomic E-state index is 14.5. The Labute approximate surface area is 314 Å². The summed E-state index contributed by atoms with van der Waals surface area (Å²) in [7, 11) is 0. The molecule has 6 N–H and O–H groups in total. The molecule has 3 aliphatic carbocycles. The van der Waals surface area contributed by atoms with Crippen molar-refractivity contribution in [1.82, 2.24) is 5.32 Å². The summed E-state index contributed by atoms with van der Waals surface area (Å²) in [4.78, 5) is 23.5. The van der Waals surface area contributed by atoms with E-state index in [1.165, 1.54) is 23.3 Å². The van der Waals surface area contributed by atoms with Crippen LogP contribution < -0.4 is 26.8 Å². The van der Waals surface area contributed by atoms with Crippen molar-refractivity contribution in [3.63, 3.8) is 0 Å². The van der Waals surface area contributed by atoms with Crippen molar-refractivity contribution >= 4 is 52.3 Å². The molecule has 0 spiro atoms. The van der Waals surface area contributed by atoms with Crippen LogP contribution >= 0.6 is 22.7 Å². The van der Waals surface area contributed by atoms with Gasteiger partial charge in [-0.25, -0.2) is 0 Å². The molecule has 0 amide bonds. The second-order valence-corrected chi connectivity index (χ2v) is 16.7. The molecule has 4 aromatic rings. The first-order valence-electron chi connectivity index (χ1n) is 18.5. The molecule has 2 fully saturated rings. The maximum atomic E-state index is 14.5. The van der Waals surface area contributed by atoms with Gasteiger partial charge in [0.25, 0.3) is 0 Å². The summed E-state index contributed by atoms with van der Waals surface area (Å²) in [6.45, 7) is 3.96. The number of nitrogens with zero attached hydrogens (tertiary/aromatic N) is 1. The third kappa shape index (κ3) is 8.31. The Bertz CT molecular complexity index is 2120. The van der Waals surface area contributed by atoms with Crippen LogP contribution in [0.3, 0.4) is 0 Å². The predicted molar refractivity (Wildman–Crippen MR) is 215 cm³/mol. The molecular formula is C43H48N4O3S2. The Morgan fingerprint density at radius 3 is 2.44 bits per heavy atom. The number of fused-ring (bicyclic) bond motifs is 2. The maximum Gasteiger partial charge on any atom is 0.189 e. The van der Waals surface area contributed by atoms with Gasteiger partial charge in [0.1, 0.15) is 5.75 Å². The monoisotopic (exact) mass is 732 g/mol. The highest BCUT2D eigenvalue weighted by Crippen LogP contribution is 2.46. The minimum Gasteiger partial charge on any atom is -0.508 e. The lowest BCUT2D eigenvalue weighted by Crippen LogP contribution is -2.52. The lowest BCUT2D eigenvalue weighted by atomic mass is 9.61. The van der Waals surface area contributed by atoms with Gasteiger partial charge in [0.05, 0.1) is 21.9 Å². The largest absolute Gasteiger partial charge is 0.508 e. The number of hydrogen-bond donors (Lipinski definition) is 5. The van der Waals surface area contributed by atoms with E-state index in [1.807, 2.05) is 31.2 Å². The van der Waals surface area contributed by atoms with Crippen LogP contribution in [0.2, 0.25) is 0 Å². The van der Waals surface area contributed by atoms with Gasteiger partial charge in [-0.15, -0.1) is 28.6 Å². The van der Waals surface area contributed by atoms with E-state index in [1.54, 1.807) is 35.7 Å². The van der Waals surface area contributed by atoms with E-state index in [4.69, 9.17) is 10.7 Å². The molecule has 3 aliphatic rings. The Kier molecular flexibility index (Phi) is 11.2. The summed E-state index contributed by atoms with van der Waals surface area (Å²) < 4.78 is 0. The summed E-state index contributed by atoms with van der Waals surface area (Å²) in [5.41, 5.74) is 8.41. The zero-order valence-electron chi connectivity index (χ0n) is 29.8. The quantitative estimate of drug-likeness (QED) is 0.0519. The van der Waals surface area contributed by atoms with Crippen molar-refractivity contribution in [3.8, 4) is 27.3 Å². The van der Waals surface area contributed by atoms with Crippen molar-refractivity contribution in [2.24, 2.45) is 34.4 Å². The van der Waals surface area contributed by atoms with Gasteiger partial charge in [0, 0.05) is 40.0 Å². The average molecular weight is 733 g/mol. The predicted octanol–water partition coefficient (Wildman–Crippen LogP) is 6.52. The van der Waals surface area contributed by atoms with E-state index in [0.29, 0.717) is 18.9 Å². The van der Waals surface area contributed by atoms with Gasteiger partial charge in [0.15, 0.2) is 11.7 Å². The van der Waals surface area contributed by atoms with E-state index >= 15 is 0 Å². The summed E-state index contributed by atoms with van der Waals surface area (Å²) in [5, 5.41) is 29.9. The zero-order valence-corrected chi connectivity index (χ0v) is 31.5. The van der Waals surface area contributed by atoms with Gasteiger partial charge in [-0.2, -0.15) is 0 Å². The minimum absolute atomic E-state index is 0.0182. The number of ketones is 1. The molecule has 0 radical (unpaired) electrons. The molecule has 0 bridgehead atoms. The molecule has 2 heterocycles. The number of benzene rings is 2. The van der Waals surface area contributed by atoms with E-state index in [0.717, 1.165) is 56.4 Å². The molecular weight excluding hydrogens is 685 g/mol. The number of nitrogens with two attached hydrogens (primary N) is 1. The number of hydrogen-bond acceptors (Lipinski definition) is 7. The fourth-order valence-corrected chi connectivity index (χ4v) is 10.4. The van der Waals surface area contributed by atoms with Crippen LogP contribution in [0.15, 0.2) is 71.7 Å². The number of aliphatic imine (C=N–C) groups is 1. The Morgan fingerprint density at radius 1 is 0.962 bits per heavy atom. The zero-order chi connectivity index (χ0) is 36.2. The Balaban J connectivity index is 1.21. The molecule has 2 aromatic carbocycles. The van der Waals surface area contributed by atoms with Gasteiger partial charge in [-0.1, -0.05) is 55.2 Å². The first kappa shape index (κ1) is 36.0. The van der Waals surface area contributed by atoms with Gasteiger partial charge in [-0.3, -0.25) is 9.79 Å². The third-order valence-corrected chi connectivity index (χ3v) is 13.1. The SMILES string of the molecule is CC#Cc1ccc(-c2ccc(C(=O)[C@@H]3CC[C@@H]([C@H](Cc4cc(O)cc(NC[C@H](C)O)c4)NC(N)=NC4CCCC4)[C@@H]4C=c5ccccc5=C[C@H]43)s2)s1. The van der Waals surface area contributed by atoms with Crippen LogP contribution in [0.25, 0.3) is 21.9 Å². The average Bonchev–Trinajstić information content (AvgIpc) is 3.92. The van der Waals surface area contributed by atoms with E-state index in [-0.39, 0.29) is 47.3 Å². The number of rotatable bonds is 11. The van der Waals surface area contributed by atoms with Crippen LogP contribution in [0, 0.1) is 35.5 Å². The minimum atomic E-state index is -0.521. The van der Waals surface area contributed by atoms with Crippen LogP contribution in [-0.2, 0) is 6.42 Å². The van der Waals surface area contributed by atoms with E-state index in [9.17, 15) is 15.0 Å². The second-order valence-electron chi connectivity index (χ2n) is 14.6. The molecule has 0 saturated heterocycles. The standard InChI is InChI=1S/C43H48N4O3S2/c1-3-8-33-13-16-39(51-33)40-17-18-41(52-40)42(50)35-15-14-34(36-22-28-9-4-5-10-29(28)23-37(35)36)38(47-43(44)46-30-11-6-7-12-30)21-27-19-31(24-32(49)20-27)45-25-26(2)48/h4-5,9-10,13,16-20,22-24,26,30,34-38,45,48-49H,6-7,11-12,14-15,21,25H2,1-2H3,(H3,44,46,47)/t26-,34+,35+,36-,37-,38-/m0/s1. The smallest absolute Gasteiger partial charge is 0.189 e. The number of phenolic OH excluding ortho intramolecular Hbond substituents is 1. The molecule has 0 aliphatic heterocycles. The number of guanidine groups is 1. The number of aliphatic hydroxyl groups excluding tert-OH is 1. The van der Waals surface area contributed by atoms with Crippen LogP contribution in [-0.4, -0.2) is 46.7 Å². The number of Topliss-reactive ketones (excluding diaryl/α,β-unsaturated/α-hetero) is 1. The van der Waals surface area contributed by atoms with Crippen LogP contribution in [0.5, 0.6) is 5.75 Å². The fraction of sp³-hybridized carbons (Fsp3) is 0.395. The van der Waals surface area contributed by atoms with Crippen molar-refractivity contribution in [2.45, 2.75) is 77.0 Å². The number of nitrogens with one attached hydrogen (secondary N) is 2. The molecule has 7 rings (SSSR count). The lowest BCUT2D eigenvalue weighted by Gasteiger charge is -2.45. The molecule has 6 atom stereocenters.